The molecule has 1 rings (SSSR count). The van der Waals surface area contributed by atoms with Crippen molar-refractivity contribution in [2.45, 2.75) is 30.7 Å². The molecule has 1 N–H and O–H groups in total. The molecular weight excluding hydrogens is 272 g/mol. The number of carbonyl (C=O) groups excluding carboxylic acids is 3. The van der Waals surface area contributed by atoms with Crippen LogP contribution in [0.25, 0.3) is 0 Å². The molecule has 5 atom stereocenters. The monoisotopic (exact) mass is 282 g/mol. The van der Waals surface area contributed by atoms with E-state index in [-0.39, 0.29) is 25.3 Å². The molecule has 0 aromatic rings. The Morgan fingerprint density at radius 1 is 1.00 bits per heavy atom. The first-order valence-corrected chi connectivity index (χ1v) is 5.39. The second kappa shape index (κ2) is 7.14. The van der Waals surface area contributed by atoms with E-state index in [1.807, 2.05) is 0 Å². The molecule has 1 saturated heterocycles. The lowest BCUT2D eigenvalue weighted by Crippen LogP contribution is -2.60. The van der Waals surface area contributed by atoms with Crippen molar-refractivity contribution < 1.29 is 38.4 Å². The first-order valence-electron chi connectivity index (χ1n) is 4.86. The number of hydrogen-bond acceptors (Lipinski definition) is 8. The second-order valence-electron chi connectivity index (χ2n) is 3.31. The normalized spacial score (nSPS) is 35.3. The van der Waals surface area contributed by atoms with Gasteiger partial charge in [-0.15, -0.1) is 11.6 Å². The van der Waals surface area contributed by atoms with E-state index in [9.17, 15) is 19.5 Å². The smallest absolute Gasteiger partial charge is 0.293 e. The molecule has 0 aliphatic carbocycles. The van der Waals surface area contributed by atoms with Crippen molar-refractivity contribution in [3.8, 4) is 0 Å². The molecule has 1 aliphatic rings. The Hall–Kier alpha value is -1.38. The molecule has 0 unspecified atom stereocenters. The average molecular weight is 283 g/mol. The van der Waals surface area contributed by atoms with Crippen LogP contribution in [0.4, 0.5) is 0 Å². The number of carbonyl (C=O) groups is 3. The van der Waals surface area contributed by atoms with E-state index in [1.165, 1.54) is 0 Å². The summed E-state index contributed by atoms with van der Waals surface area (Å²) in [5, 5.41) is 9.58. The molecular formula is C9H11ClO8. The third-order valence-corrected chi connectivity index (χ3v) is 2.70. The SMILES string of the molecule is O=CO[C@@H]1[C@@H](OC=O)[C@H](O)O[C@H](CCl)[C@H]1OC=O. The second-order valence-corrected chi connectivity index (χ2v) is 3.62. The van der Waals surface area contributed by atoms with Crippen molar-refractivity contribution >= 4 is 31.0 Å². The summed E-state index contributed by atoms with van der Waals surface area (Å²) in [6.07, 6.45) is -6.04. The Morgan fingerprint density at radius 3 is 2.00 bits per heavy atom. The molecule has 1 heterocycles. The highest BCUT2D eigenvalue weighted by atomic mass is 35.5. The van der Waals surface area contributed by atoms with Gasteiger partial charge >= 0.3 is 0 Å². The maximum Gasteiger partial charge on any atom is 0.293 e. The quantitative estimate of drug-likeness (QED) is 0.344. The fourth-order valence-electron chi connectivity index (χ4n) is 1.68. The zero-order chi connectivity index (χ0) is 13.5. The van der Waals surface area contributed by atoms with E-state index in [0.29, 0.717) is 0 Å². The van der Waals surface area contributed by atoms with Crippen LogP contribution in [0.3, 0.4) is 0 Å². The van der Waals surface area contributed by atoms with Gasteiger partial charge < -0.3 is 24.1 Å². The highest BCUT2D eigenvalue weighted by Crippen LogP contribution is 2.26. The van der Waals surface area contributed by atoms with Gasteiger partial charge in [0.2, 0.25) is 0 Å². The first kappa shape index (κ1) is 14.7. The zero-order valence-corrected chi connectivity index (χ0v) is 9.76. The van der Waals surface area contributed by atoms with E-state index in [1.54, 1.807) is 0 Å². The molecule has 0 aromatic carbocycles. The van der Waals surface area contributed by atoms with Crippen molar-refractivity contribution in [2.24, 2.45) is 0 Å². The third-order valence-electron chi connectivity index (χ3n) is 2.40. The van der Waals surface area contributed by atoms with Crippen LogP contribution in [-0.4, -0.2) is 61.1 Å². The van der Waals surface area contributed by atoms with Gasteiger partial charge in [-0.25, -0.2) is 0 Å². The van der Waals surface area contributed by atoms with E-state index >= 15 is 0 Å². The van der Waals surface area contributed by atoms with Crippen LogP contribution in [0.15, 0.2) is 0 Å². The highest BCUT2D eigenvalue weighted by molar-refractivity contribution is 6.18. The fourth-order valence-corrected chi connectivity index (χ4v) is 1.92. The molecule has 102 valence electrons. The van der Waals surface area contributed by atoms with Gasteiger partial charge in [-0.1, -0.05) is 0 Å². The third kappa shape index (κ3) is 3.09. The Bertz CT molecular complexity index is 298. The van der Waals surface area contributed by atoms with Crippen LogP contribution in [0, 0.1) is 0 Å². The summed E-state index contributed by atoms with van der Waals surface area (Å²) in [7, 11) is 0. The maximum absolute atomic E-state index is 10.4. The van der Waals surface area contributed by atoms with Gasteiger partial charge in [-0.2, -0.15) is 0 Å². The Kier molecular flexibility index (Phi) is 5.83. The van der Waals surface area contributed by atoms with Crippen LogP contribution in [0.2, 0.25) is 0 Å². The molecule has 1 aliphatic heterocycles. The van der Waals surface area contributed by atoms with Gasteiger partial charge in [0.15, 0.2) is 24.6 Å². The standard InChI is InChI=1S/C9H11ClO8/c10-1-5-6(15-2-11)7(16-3-12)8(17-4-13)9(14)18-5/h2-9,14H,1H2/t5-,6-,7+,8-,9-/m1/s1. The molecule has 0 spiro atoms. The summed E-state index contributed by atoms with van der Waals surface area (Å²) in [6, 6.07) is 0. The van der Waals surface area contributed by atoms with E-state index in [4.69, 9.17) is 21.1 Å². The van der Waals surface area contributed by atoms with Crippen LogP contribution >= 0.6 is 11.6 Å². The number of rotatable bonds is 7. The lowest BCUT2D eigenvalue weighted by Gasteiger charge is -2.40. The minimum Gasteiger partial charge on any atom is -0.458 e. The molecule has 18 heavy (non-hydrogen) atoms. The zero-order valence-electron chi connectivity index (χ0n) is 9.01. The number of halogens is 1. The van der Waals surface area contributed by atoms with E-state index in [2.05, 4.69) is 9.47 Å². The van der Waals surface area contributed by atoms with Gasteiger partial charge in [-0.05, 0) is 0 Å². The molecule has 0 bridgehead atoms. The number of aliphatic hydroxyl groups excluding tert-OH is 1. The molecule has 1 fully saturated rings. The molecule has 8 nitrogen and oxygen atoms in total. The summed E-state index contributed by atoms with van der Waals surface area (Å²) in [5.74, 6) is -0.123. The van der Waals surface area contributed by atoms with Gasteiger partial charge in [-0.3, -0.25) is 14.4 Å². The molecule has 0 radical (unpaired) electrons. The van der Waals surface area contributed by atoms with Crippen molar-refractivity contribution in [3.05, 3.63) is 0 Å². The Labute approximate surface area is 107 Å². The van der Waals surface area contributed by atoms with Crippen LogP contribution in [0.1, 0.15) is 0 Å². The maximum atomic E-state index is 10.4. The van der Waals surface area contributed by atoms with Gasteiger partial charge in [0.05, 0.1) is 5.88 Å². The lowest BCUT2D eigenvalue weighted by molar-refractivity contribution is -0.281. The van der Waals surface area contributed by atoms with Gasteiger partial charge in [0.25, 0.3) is 19.4 Å². The summed E-state index contributed by atoms with van der Waals surface area (Å²) in [6.45, 7) is 0.248. The summed E-state index contributed by atoms with van der Waals surface area (Å²) in [4.78, 5) is 31.1. The van der Waals surface area contributed by atoms with Gasteiger partial charge in [0.1, 0.15) is 6.10 Å². The summed E-state index contributed by atoms with van der Waals surface area (Å²) >= 11 is 5.58. The molecule has 0 amide bonds. The van der Waals surface area contributed by atoms with E-state index < -0.39 is 30.7 Å². The Morgan fingerprint density at radius 2 is 1.50 bits per heavy atom. The Balaban J connectivity index is 2.94. The molecule has 9 heteroatoms. The predicted octanol–water partition coefficient (Wildman–Crippen LogP) is -1.43. The predicted molar refractivity (Wildman–Crippen MR) is 54.4 cm³/mol. The summed E-state index contributed by atoms with van der Waals surface area (Å²) in [5.41, 5.74) is 0. The highest BCUT2D eigenvalue weighted by Gasteiger charge is 2.49. The number of alkyl halides is 1. The van der Waals surface area contributed by atoms with Crippen molar-refractivity contribution in [3.63, 3.8) is 0 Å². The number of ether oxygens (including phenoxy) is 4. The van der Waals surface area contributed by atoms with Crippen LogP contribution in [0.5, 0.6) is 0 Å². The van der Waals surface area contributed by atoms with Gasteiger partial charge in [0, 0.05) is 0 Å². The van der Waals surface area contributed by atoms with Crippen LogP contribution < -0.4 is 0 Å². The number of hydrogen-bond donors (Lipinski definition) is 1. The minimum atomic E-state index is -1.55. The van der Waals surface area contributed by atoms with Crippen molar-refractivity contribution in [2.75, 3.05) is 5.88 Å². The minimum absolute atomic E-state index is 0.0530. The first-order chi connectivity index (χ1) is 8.69. The molecule has 0 saturated carbocycles. The van der Waals surface area contributed by atoms with E-state index in [0.717, 1.165) is 0 Å². The largest absolute Gasteiger partial charge is 0.458 e. The molecule has 0 aromatic heterocycles. The van der Waals surface area contributed by atoms with Crippen LogP contribution in [-0.2, 0) is 33.3 Å². The lowest BCUT2D eigenvalue weighted by atomic mass is 9.99. The topological polar surface area (TPSA) is 108 Å². The number of aliphatic hydroxyl groups is 1. The average Bonchev–Trinajstić information content (AvgIpc) is 2.36. The van der Waals surface area contributed by atoms with Crippen molar-refractivity contribution in [1.29, 1.82) is 0 Å². The van der Waals surface area contributed by atoms with Crippen molar-refractivity contribution in [1.82, 2.24) is 0 Å². The summed E-state index contributed by atoms with van der Waals surface area (Å²) < 4.78 is 18.9. The fraction of sp³-hybridized carbons (Fsp3) is 0.667.